The summed E-state index contributed by atoms with van der Waals surface area (Å²) in [5, 5.41) is 20.5. The number of amides is 1. The molecule has 256 valence electrons. The molecule has 0 spiro atoms. The van der Waals surface area contributed by atoms with E-state index in [0.29, 0.717) is 30.0 Å². The number of aromatic nitrogens is 3. The maximum absolute atomic E-state index is 14.2. The molecule has 15 heteroatoms. The number of aliphatic hydroxyl groups is 1. The molecule has 4 aliphatic rings. The minimum atomic E-state index is -3.39. The number of anilines is 2. The summed E-state index contributed by atoms with van der Waals surface area (Å²) in [4.78, 5) is 18.2. The molecule has 1 amide bonds. The minimum Gasteiger partial charge on any atom is -0.387 e. The molecule has 4 aromatic rings. The van der Waals surface area contributed by atoms with Crippen molar-refractivity contribution in [1.82, 2.24) is 19.9 Å². The van der Waals surface area contributed by atoms with Gasteiger partial charge in [-0.3, -0.25) is 9.52 Å². The Morgan fingerprint density at radius 1 is 1.00 bits per heavy atom. The summed E-state index contributed by atoms with van der Waals surface area (Å²) in [6.07, 6.45) is -1.26. The number of sulfonamides is 1. The molecule has 2 bridgehead atoms. The fourth-order valence-corrected chi connectivity index (χ4v) is 8.02. The molecule has 0 radical (unpaired) electrons. The van der Waals surface area contributed by atoms with Gasteiger partial charge in [-0.15, -0.1) is 5.10 Å². The highest BCUT2D eigenvalue weighted by Crippen LogP contribution is 2.42. The summed E-state index contributed by atoms with van der Waals surface area (Å²) in [5.74, 6) is -0.742. The zero-order valence-corrected chi connectivity index (χ0v) is 27.3. The lowest BCUT2D eigenvalue weighted by Gasteiger charge is -2.48. The molecule has 4 saturated heterocycles. The number of fused-ring (bicyclic) bond motifs is 3. The van der Waals surface area contributed by atoms with E-state index >= 15 is 0 Å². The molecule has 2 N–H and O–H groups in total. The van der Waals surface area contributed by atoms with E-state index in [4.69, 9.17) is 14.2 Å². The SMILES string of the molecule is CS(=O)(=O)Nc1ccc(N2C[C@@H]3C[C@H]2CN3C(=O)[C@@H]2O[C@@H]3COC(c4ccccc4)O[C@@H]3[C@H](n3cc(-c4cccc(F)c4)nn3)[C@H]2O)cc1. The van der Waals surface area contributed by atoms with E-state index in [2.05, 4.69) is 19.9 Å². The lowest BCUT2D eigenvalue weighted by Crippen LogP contribution is -2.64. The molecule has 1 unspecified atom stereocenters. The summed E-state index contributed by atoms with van der Waals surface area (Å²) in [5.41, 5.74) is 3.13. The van der Waals surface area contributed by atoms with E-state index in [1.165, 1.54) is 16.8 Å². The number of nitrogens with zero attached hydrogens (tertiary/aromatic N) is 5. The second-order valence-corrected chi connectivity index (χ2v) is 14.7. The fourth-order valence-electron chi connectivity index (χ4n) is 7.46. The number of aliphatic hydroxyl groups excluding tert-OH is 1. The minimum absolute atomic E-state index is 0.0454. The zero-order chi connectivity index (χ0) is 33.9. The maximum atomic E-state index is 14.2. The number of halogens is 1. The van der Waals surface area contributed by atoms with Crippen molar-refractivity contribution in [3.05, 3.63) is 96.4 Å². The highest BCUT2D eigenvalue weighted by atomic mass is 32.2. The van der Waals surface area contributed by atoms with Crippen LogP contribution in [-0.2, 0) is 29.0 Å². The number of ether oxygens (including phenoxy) is 3. The van der Waals surface area contributed by atoms with Crippen molar-refractivity contribution < 1.29 is 36.9 Å². The van der Waals surface area contributed by atoms with Gasteiger partial charge in [0.2, 0.25) is 10.0 Å². The molecular formula is C34H35FN6O7S. The molecule has 49 heavy (non-hydrogen) atoms. The number of carbonyl (C=O) groups is 1. The van der Waals surface area contributed by atoms with Gasteiger partial charge in [-0.2, -0.15) is 0 Å². The average Bonchev–Trinajstić information content (AvgIpc) is 3.85. The fraction of sp³-hybridized carbons (Fsp3) is 0.382. The number of carbonyl (C=O) groups excluding carboxylic acids is 1. The molecule has 4 fully saturated rings. The van der Waals surface area contributed by atoms with Crippen molar-refractivity contribution in [2.45, 2.75) is 55.3 Å². The summed E-state index contributed by atoms with van der Waals surface area (Å²) >= 11 is 0. The van der Waals surface area contributed by atoms with Crippen molar-refractivity contribution in [2.75, 3.05) is 35.6 Å². The van der Waals surface area contributed by atoms with E-state index in [1.807, 2.05) is 42.5 Å². The lowest BCUT2D eigenvalue weighted by atomic mass is 9.90. The Hall–Kier alpha value is -4.41. The Bertz CT molecular complexity index is 1950. The Labute approximate surface area is 282 Å². The Morgan fingerprint density at radius 2 is 1.80 bits per heavy atom. The third kappa shape index (κ3) is 6.16. The van der Waals surface area contributed by atoms with Crippen LogP contribution in [0.15, 0.2) is 85.1 Å². The van der Waals surface area contributed by atoms with Crippen molar-refractivity contribution >= 4 is 27.3 Å². The van der Waals surface area contributed by atoms with E-state index in [0.717, 1.165) is 23.9 Å². The highest BCUT2D eigenvalue weighted by molar-refractivity contribution is 7.92. The van der Waals surface area contributed by atoms with E-state index in [9.17, 15) is 22.7 Å². The van der Waals surface area contributed by atoms with Crippen LogP contribution < -0.4 is 9.62 Å². The topological polar surface area (TPSA) is 148 Å². The molecule has 0 saturated carbocycles. The monoisotopic (exact) mass is 690 g/mol. The number of hydrogen-bond donors (Lipinski definition) is 2. The third-order valence-electron chi connectivity index (χ3n) is 9.65. The molecule has 5 heterocycles. The van der Waals surface area contributed by atoms with Gasteiger partial charge in [0.1, 0.15) is 35.9 Å². The second-order valence-electron chi connectivity index (χ2n) is 13.0. The summed E-state index contributed by atoms with van der Waals surface area (Å²) in [6, 6.07) is 21.7. The maximum Gasteiger partial charge on any atom is 0.254 e. The van der Waals surface area contributed by atoms with Crippen LogP contribution in [-0.4, -0.2) is 102 Å². The molecule has 4 aliphatic heterocycles. The quantitative estimate of drug-likeness (QED) is 0.297. The molecule has 8 atom stereocenters. The smallest absolute Gasteiger partial charge is 0.254 e. The molecule has 13 nitrogen and oxygen atoms in total. The molecular weight excluding hydrogens is 655 g/mol. The number of nitrogens with one attached hydrogen (secondary N) is 1. The first-order valence-corrected chi connectivity index (χ1v) is 18.0. The normalized spacial score (nSPS) is 29.5. The van der Waals surface area contributed by atoms with Gasteiger partial charge in [-0.05, 0) is 42.8 Å². The van der Waals surface area contributed by atoms with Crippen molar-refractivity contribution in [3.8, 4) is 11.3 Å². The van der Waals surface area contributed by atoms with E-state index < -0.39 is 52.6 Å². The van der Waals surface area contributed by atoms with Gasteiger partial charge in [-0.1, -0.05) is 47.7 Å². The molecule has 3 aromatic carbocycles. The Kier molecular flexibility index (Phi) is 8.11. The van der Waals surface area contributed by atoms with Gasteiger partial charge < -0.3 is 29.1 Å². The Morgan fingerprint density at radius 3 is 2.51 bits per heavy atom. The lowest BCUT2D eigenvalue weighted by molar-refractivity contribution is -0.313. The van der Waals surface area contributed by atoms with Gasteiger partial charge in [0.25, 0.3) is 5.91 Å². The predicted molar refractivity (Wildman–Crippen MR) is 175 cm³/mol. The van der Waals surface area contributed by atoms with Gasteiger partial charge in [0.05, 0.1) is 25.1 Å². The predicted octanol–water partition coefficient (Wildman–Crippen LogP) is 2.73. The van der Waals surface area contributed by atoms with Crippen LogP contribution in [0.5, 0.6) is 0 Å². The first kappa shape index (κ1) is 31.8. The number of likely N-dealkylation sites (tertiary alicyclic amines) is 1. The number of benzene rings is 3. The second kappa shape index (κ2) is 12.5. The zero-order valence-electron chi connectivity index (χ0n) is 26.4. The van der Waals surface area contributed by atoms with Crippen LogP contribution >= 0.6 is 0 Å². The van der Waals surface area contributed by atoms with Crippen LogP contribution in [0.3, 0.4) is 0 Å². The van der Waals surface area contributed by atoms with Crippen LogP contribution in [0.4, 0.5) is 15.8 Å². The summed E-state index contributed by atoms with van der Waals surface area (Å²) in [7, 11) is -3.39. The molecule has 8 rings (SSSR count). The Balaban J connectivity index is 1.03. The largest absolute Gasteiger partial charge is 0.387 e. The standard InChI is InChI=1S/C34H35FN6O7S/c1-49(44,45)37-23-10-12-24(13-11-23)39-16-26-15-25(39)17-40(26)33(43)32-30(42)29(41-18-27(36-38-41)21-8-5-9-22(35)14-21)31-28(47-32)19-46-34(48-31)20-6-3-2-4-7-20/h2-14,18,25-26,28-32,34,37,42H,15-17,19H2,1H3/t25-,26-,28+,29+,30+,31-,32+,34?/m0/s1. The average molecular weight is 691 g/mol. The van der Waals surface area contributed by atoms with Crippen LogP contribution in [0, 0.1) is 5.82 Å². The summed E-state index contributed by atoms with van der Waals surface area (Å²) < 4.78 is 60.0. The van der Waals surface area contributed by atoms with Crippen molar-refractivity contribution in [1.29, 1.82) is 0 Å². The van der Waals surface area contributed by atoms with Crippen molar-refractivity contribution in [2.24, 2.45) is 0 Å². The molecule has 0 aliphatic carbocycles. The first-order chi connectivity index (χ1) is 23.6. The first-order valence-electron chi connectivity index (χ1n) is 16.1. The summed E-state index contributed by atoms with van der Waals surface area (Å²) in [6.45, 7) is 1.14. The van der Waals surface area contributed by atoms with Gasteiger partial charge in [0.15, 0.2) is 12.4 Å². The number of piperazine rings is 1. The number of hydrogen-bond acceptors (Lipinski definition) is 10. The van der Waals surface area contributed by atoms with Gasteiger partial charge in [-0.25, -0.2) is 17.5 Å². The number of rotatable bonds is 7. The highest BCUT2D eigenvalue weighted by Gasteiger charge is 2.56. The molecule has 1 aromatic heterocycles. The van der Waals surface area contributed by atoms with Crippen LogP contribution in [0.1, 0.15) is 24.3 Å². The van der Waals surface area contributed by atoms with Crippen LogP contribution in [0.2, 0.25) is 0 Å². The van der Waals surface area contributed by atoms with Gasteiger partial charge in [0, 0.05) is 41.6 Å². The van der Waals surface area contributed by atoms with Crippen molar-refractivity contribution in [3.63, 3.8) is 0 Å². The van der Waals surface area contributed by atoms with E-state index in [1.54, 1.807) is 35.4 Å². The van der Waals surface area contributed by atoms with E-state index in [-0.39, 0.29) is 24.6 Å². The van der Waals surface area contributed by atoms with Crippen LogP contribution in [0.25, 0.3) is 11.3 Å². The van der Waals surface area contributed by atoms with Gasteiger partial charge >= 0.3 is 0 Å². The third-order valence-corrected chi connectivity index (χ3v) is 10.3.